The lowest BCUT2D eigenvalue weighted by Gasteiger charge is -2.32. The molecule has 1 heterocycles. The van der Waals surface area contributed by atoms with Crippen molar-refractivity contribution in [2.75, 3.05) is 19.0 Å². The third kappa shape index (κ3) is 3.41. The molecule has 0 bridgehead atoms. The first-order valence-electron chi connectivity index (χ1n) is 6.49. The van der Waals surface area contributed by atoms with Gasteiger partial charge in [-0.25, -0.2) is 14.8 Å². The molecule has 0 spiro atoms. The number of rotatable bonds is 4. The van der Waals surface area contributed by atoms with Crippen LogP contribution in [0.2, 0.25) is 0 Å². The van der Waals surface area contributed by atoms with Crippen molar-refractivity contribution in [1.29, 1.82) is 0 Å². The van der Waals surface area contributed by atoms with Crippen molar-refractivity contribution in [1.82, 2.24) is 9.97 Å². The Morgan fingerprint density at radius 1 is 1.47 bits per heavy atom. The van der Waals surface area contributed by atoms with Gasteiger partial charge in [0.05, 0.1) is 12.7 Å². The monoisotopic (exact) mass is 265 g/mol. The van der Waals surface area contributed by atoms with Gasteiger partial charge in [-0.3, -0.25) is 0 Å². The molecule has 1 saturated carbocycles. The van der Waals surface area contributed by atoms with E-state index >= 15 is 0 Å². The van der Waals surface area contributed by atoms with Gasteiger partial charge in [0.25, 0.3) is 0 Å². The third-order valence-electron chi connectivity index (χ3n) is 3.49. The molecule has 6 heteroatoms. The summed E-state index contributed by atoms with van der Waals surface area (Å²) in [5.74, 6) is -0.0837. The minimum absolute atomic E-state index is 0.282. The van der Waals surface area contributed by atoms with Crippen LogP contribution in [0.4, 0.5) is 5.82 Å². The average molecular weight is 265 g/mol. The van der Waals surface area contributed by atoms with Crippen LogP contribution in [0.5, 0.6) is 0 Å². The number of ether oxygens (including phenoxy) is 1. The lowest BCUT2D eigenvalue weighted by Crippen LogP contribution is -2.39. The molecule has 1 aliphatic rings. The Bertz CT molecular complexity index is 445. The molecule has 0 radical (unpaired) electrons. The number of nitrogens with zero attached hydrogens (tertiary/aromatic N) is 2. The Kier molecular flexibility index (Phi) is 4.31. The fourth-order valence-corrected chi connectivity index (χ4v) is 2.36. The molecular formula is C13H19N3O3. The number of aliphatic hydroxyl groups is 1. The molecular weight excluding hydrogens is 246 g/mol. The van der Waals surface area contributed by atoms with Crippen LogP contribution in [0.25, 0.3) is 0 Å². The van der Waals surface area contributed by atoms with Gasteiger partial charge < -0.3 is 15.2 Å². The summed E-state index contributed by atoms with van der Waals surface area (Å²) in [5, 5.41) is 13.4. The van der Waals surface area contributed by atoms with E-state index in [-0.39, 0.29) is 5.56 Å². The molecule has 1 aromatic rings. The molecule has 0 unspecified atom stereocenters. The number of hydrogen-bond acceptors (Lipinski definition) is 6. The summed E-state index contributed by atoms with van der Waals surface area (Å²) >= 11 is 0. The fraction of sp³-hybridized carbons (Fsp3) is 0.615. The molecule has 0 amide bonds. The van der Waals surface area contributed by atoms with E-state index in [4.69, 9.17) is 0 Å². The van der Waals surface area contributed by atoms with Crippen LogP contribution >= 0.6 is 0 Å². The van der Waals surface area contributed by atoms with Crippen LogP contribution in [-0.2, 0) is 4.74 Å². The van der Waals surface area contributed by atoms with E-state index in [1.165, 1.54) is 26.1 Å². The number of carbonyl (C=O) groups is 1. The van der Waals surface area contributed by atoms with Gasteiger partial charge in [-0.05, 0) is 12.8 Å². The fourth-order valence-electron chi connectivity index (χ4n) is 2.36. The summed E-state index contributed by atoms with van der Waals surface area (Å²) < 4.78 is 4.67. The maximum atomic E-state index is 11.6. The van der Waals surface area contributed by atoms with E-state index in [2.05, 4.69) is 20.0 Å². The zero-order chi connectivity index (χ0) is 13.7. The van der Waals surface area contributed by atoms with E-state index in [0.717, 1.165) is 25.7 Å². The SMILES string of the molecule is COC(=O)c1cncnc1NCC1(O)CCCCC1. The van der Waals surface area contributed by atoms with Gasteiger partial charge in [-0.1, -0.05) is 19.3 Å². The molecule has 0 aromatic carbocycles. The Morgan fingerprint density at radius 2 is 2.21 bits per heavy atom. The second-order valence-corrected chi connectivity index (χ2v) is 4.92. The van der Waals surface area contributed by atoms with Crippen LogP contribution in [0, 0.1) is 0 Å². The second kappa shape index (κ2) is 5.97. The predicted octanol–water partition coefficient (Wildman–Crippen LogP) is 1.37. The number of carbonyl (C=O) groups excluding carboxylic acids is 1. The van der Waals surface area contributed by atoms with E-state index in [1.807, 2.05) is 0 Å². The summed E-state index contributed by atoms with van der Waals surface area (Å²) in [6.07, 6.45) is 7.56. The van der Waals surface area contributed by atoms with Gasteiger partial charge in [0.2, 0.25) is 0 Å². The number of methoxy groups -OCH3 is 1. The highest BCUT2D eigenvalue weighted by Gasteiger charge is 2.29. The third-order valence-corrected chi connectivity index (χ3v) is 3.49. The number of nitrogens with one attached hydrogen (secondary N) is 1. The van der Waals surface area contributed by atoms with Gasteiger partial charge >= 0.3 is 5.97 Å². The summed E-state index contributed by atoms with van der Waals surface area (Å²) in [6.45, 7) is 0.383. The van der Waals surface area contributed by atoms with Gasteiger partial charge in [0.15, 0.2) is 0 Å². The van der Waals surface area contributed by atoms with E-state index < -0.39 is 11.6 Å². The van der Waals surface area contributed by atoms with E-state index in [0.29, 0.717) is 12.4 Å². The smallest absolute Gasteiger partial charge is 0.343 e. The maximum Gasteiger partial charge on any atom is 0.343 e. The summed E-state index contributed by atoms with van der Waals surface area (Å²) in [4.78, 5) is 19.4. The van der Waals surface area contributed by atoms with Crippen LogP contribution in [0.3, 0.4) is 0 Å². The van der Waals surface area contributed by atoms with Crippen molar-refractivity contribution in [2.24, 2.45) is 0 Å². The Morgan fingerprint density at radius 3 is 2.89 bits per heavy atom. The zero-order valence-electron chi connectivity index (χ0n) is 11.1. The van der Waals surface area contributed by atoms with Gasteiger partial charge in [0.1, 0.15) is 17.7 Å². The van der Waals surface area contributed by atoms with Gasteiger partial charge in [0, 0.05) is 12.7 Å². The van der Waals surface area contributed by atoms with Gasteiger partial charge in [-0.2, -0.15) is 0 Å². The summed E-state index contributed by atoms with van der Waals surface area (Å²) in [5.41, 5.74) is -0.430. The van der Waals surface area contributed by atoms with E-state index in [9.17, 15) is 9.90 Å². The van der Waals surface area contributed by atoms with Crippen LogP contribution < -0.4 is 5.32 Å². The number of hydrogen-bond donors (Lipinski definition) is 2. The zero-order valence-corrected chi connectivity index (χ0v) is 11.1. The Balaban J connectivity index is 2.04. The molecule has 1 fully saturated rings. The molecule has 0 atom stereocenters. The highest BCUT2D eigenvalue weighted by atomic mass is 16.5. The molecule has 1 aliphatic carbocycles. The minimum atomic E-state index is -0.712. The first-order valence-corrected chi connectivity index (χ1v) is 6.49. The molecule has 104 valence electrons. The number of esters is 1. The number of aromatic nitrogens is 2. The van der Waals surface area contributed by atoms with Gasteiger partial charge in [-0.15, -0.1) is 0 Å². The molecule has 2 N–H and O–H groups in total. The van der Waals surface area contributed by atoms with Crippen molar-refractivity contribution in [2.45, 2.75) is 37.7 Å². The van der Waals surface area contributed by atoms with E-state index in [1.54, 1.807) is 0 Å². The molecule has 0 aliphatic heterocycles. The standard InChI is InChI=1S/C13H19N3O3/c1-19-12(17)10-7-14-9-16-11(10)15-8-13(18)5-3-2-4-6-13/h7,9,18H,2-6,8H2,1H3,(H,14,15,16). The van der Waals surface area contributed by atoms with Crippen LogP contribution in [0.1, 0.15) is 42.5 Å². The predicted molar refractivity (Wildman–Crippen MR) is 69.9 cm³/mol. The van der Waals surface area contributed by atoms with Crippen molar-refractivity contribution >= 4 is 11.8 Å². The average Bonchev–Trinajstić information content (AvgIpc) is 2.45. The Labute approximate surface area is 112 Å². The maximum absolute atomic E-state index is 11.6. The highest BCUT2D eigenvalue weighted by molar-refractivity contribution is 5.94. The summed E-state index contributed by atoms with van der Waals surface area (Å²) in [6, 6.07) is 0. The topological polar surface area (TPSA) is 84.3 Å². The molecule has 1 aromatic heterocycles. The van der Waals surface area contributed by atoms with Crippen molar-refractivity contribution in [3.8, 4) is 0 Å². The highest BCUT2D eigenvalue weighted by Crippen LogP contribution is 2.28. The minimum Gasteiger partial charge on any atom is -0.465 e. The molecule has 0 saturated heterocycles. The number of anilines is 1. The van der Waals surface area contributed by atoms with Crippen molar-refractivity contribution in [3.05, 3.63) is 18.1 Å². The molecule has 2 rings (SSSR count). The van der Waals surface area contributed by atoms with Crippen molar-refractivity contribution in [3.63, 3.8) is 0 Å². The lowest BCUT2D eigenvalue weighted by molar-refractivity contribution is 0.0166. The first kappa shape index (κ1) is 13.7. The van der Waals surface area contributed by atoms with Crippen LogP contribution in [-0.4, -0.2) is 40.3 Å². The molecule has 19 heavy (non-hydrogen) atoms. The second-order valence-electron chi connectivity index (χ2n) is 4.92. The summed E-state index contributed by atoms with van der Waals surface area (Å²) in [7, 11) is 1.31. The normalized spacial score (nSPS) is 17.8. The quantitative estimate of drug-likeness (QED) is 0.800. The van der Waals surface area contributed by atoms with Crippen LogP contribution in [0.15, 0.2) is 12.5 Å². The largest absolute Gasteiger partial charge is 0.465 e. The van der Waals surface area contributed by atoms with Crippen molar-refractivity contribution < 1.29 is 14.6 Å². The molecule has 6 nitrogen and oxygen atoms in total. The first-order chi connectivity index (χ1) is 9.14. The Hall–Kier alpha value is -1.69. The lowest BCUT2D eigenvalue weighted by atomic mass is 9.85.